The molecule has 0 spiro atoms. The summed E-state index contributed by atoms with van der Waals surface area (Å²) in [4.78, 5) is 16.3. The number of Topliss-reactive ketones (excluding diaryl/α,β-unsaturated/α-hetero) is 1. The fourth-order valence-corrected chi connectivity index (χ4v) is 2.60. The number of hydrogen-bond acceptors (Lipinski definition) is 5. The highest BCUT2D eigenvalue weighted by atomic mass is 32.1. The number of aromatic nitrogens is 3. The van der Waals surface area contributed by atoms with Crippen LogP contribution in [0.4, 0.5) is 13.2 Å². The molecule has 2 heterocycles. The first kappa shape index (κ1) is 15.2. The number of carbonyl (C=O) groups is 1. The number of thiazole rings is 1. The highest BCUT2D eigenvalue weighted by molar-refractivity contribution is 7.10. The normalized spacial score (nSPS) is 13.0. The molecule has 0 aromatic carbocycles. The van der Waals surface area contributed by atoms with Crippen molar-refractivity contribution in [1.29, 1.82) is 5.26 Å². The molecule has 0 bridgehead atoms. The first-order valence-electron chi connectivity index (χ1n) is 5.70. The van der Waals surface area contributed by atoms with E-state index in [0.29, 0.717) is 5.69 Å². The van der Waals surface area contributed by atoms with Crippen molar-refractivity contribution in [2.75, 3.05) is 0 Å². The van der Waals surface area contributed by atoms with E-state index in [1.165, 1.54) is 7.05 Å². The molecule has 0 saturated carbocycles. The minimum absolute atomic E-state index is 0.178. The first-order chi connectivity index (χ1) is 9.74. The maximum absolute atomic E-state index is 12.9. The molecular formula is C12H9F3N4OS. The van der Waals surface area contributed by atoms with E-state index in [1.807, 2.05) is 0 Å². The number of halogens is 3. The molecule has 110 valence electrons. The van der Waals surface area contributed by atoms with Crippen molar-refractivity contribution >= 4 is 17.1 Å². The van der Waals surface area contributed by atoms with Gasteiger partial charge in [0.05, 0.1) is 11.6 Å². The van der Waals surface area contributed by atoms with Gasteiger partial charge in [0, 0.05) is 24.3 Å². The zero-order valence-electron chi connectivity index (χ0n) is 11.0. The van der Waals surface area contributed by atoms with Crippen molar-refractivity contribution in [2.45, 2.75) is 19.0 Å². The number of nitriles is 1. The topological polar surface area (TPSA) is 71.6 Å². The molecule has 0 fully saturated rings. The highest BCUT2D eigenvalue weighted by Crippen LogP contribution is 2.33. The van der Waals surface area contributed by atoms with Crippen molar-refractivity contribution < 1.29 is 18.0 Å². The van der Waals surface area contributed by atoms with E-state index >= 15 is 0 Å². The van der Waals surface area contributed by atoms with E-state index in [1.54, 1.807) is 18.4 Å². The molecule has 2 aromatic heterocycles. The summed E-state index contributed by atoms with van der Waals surface area (Å²) in [5.41, 5.74) is -1.31. The molecular weight excluding hydrogens is 305 g/mol. The minimum Gasteiger partial charge on any atom is -0.292 e. The summed E-state index contributed by atoms with van der Waals surface area (Å²) in [6, 6.07) is 1.71. The third kappa shape index (κ3) is 2.95. The SMILES string of the molecule is Cc1csc(C(C#N)C(=O)c2cn(C)nc2C(F)(F)F)n1. The number of hydrogen-bond donors (Lipinski definition) is 0. The maximum Gasteiger partial charge on any atom is 0.435 e. The second-order valence-corrected chi connectivity index (χ2v) is 5.21. The van der Waals surface area contributed by atoms with Gasteiger partial charge in [0.1, 0.15) is 5.01 Å². The number of alkyl halides is 3. The fraction of sp³-hybridized carbons (Fsp3) is 0.333. The molecule has 1 unspecified atom stereocenters. The van der Waals surface area contributed by atoms with Gasteiger partial charge in [-0.25, -0.2) is 4.98 Å². The Bertz CT molecular complexity index is 726. The van der Waals surface area contributed by atoms with Gasteiger partial charge < -0.3 is 0 Å². The maximum atomic E-state index is 12.9. The Morgan fingerprint density at radius 3 is 2.67 bits per heavy atom. The van der Waals surface area contributed by atoms with Crippen LogP contribution in [0.5, 0.6) is 0 Å². The van der Waals surface area contributed by atoms with E-state index in [4.69, 9.17) is 5.26 Å². The van der Waals surface area contributed by atoms with Gasteiger partial charge in [0.2, 0.25) is 0 Å². The van der Waals surface area contributed by atoms with Gasteiger partial charge in [-0.3, -0.25) is 9.48 Å². The predicted octanol–water partition coefficient (Wildman–Crippen LogP) is 2.69. The minimum atomic E-state index is -4.76. The van der Waals surface area contributed by atoms with Gasteiger partial charge in [0.15, 0.2) is 17.4 Å². The molecule has 1 atom stereocenters. The van der Waals surface area contributed by atoms with Gasteiger partial charge in [-0.15, -0.1) is 11.3 Å². The van der Waals surface area contributed by atoms with E-state index in [-0.39, 0.29) is 5.01 Å². The lowest BCUT2D eigenvalue weighted by Crippen LogP contribution is -2.17. The second-order valence-electron chi connectivity index (χ2n) is 4.32. The number of aryl methyl sites for hydroxylation is 2. The van der Waals surface area contributed by atoms with Crippen LogP contribution < -0.4 is 0 Å². The number of rotatable bonds is 3. The van der Waals surface area contributed by atoms with Crippen LogP contribution >= 0.6 is 11.3 Å². The van der Waals surface area contributed by atoms with Crippen LogP contribution in [-0.4, -0.2) is 20.5 Å². The van der Waals surface area contributed by atoms with Crippen LogP contribution in [0.2, 0.25) is 0 Å². The van der Waals surface area contributed by atoms with Crippen LogP contribution in [-0.2, 0) is 13.2 Å². The van der Waals surface area contributed by atoms with E-state index in [9.17, 15) is 18.0 Å². The molecule has 0 aliphatic heterocycles. The zero-order chi connectivity index (χ0) is 15.8. The second kappa shape index (κ2) is 5.29. The monoisotopic (exact) mass is 314 g/mol. The summed E-state index contributed by atoms with van der Waals surface area (Å²) in [5, 5.41) is 14.2. The molecule has 9 heteroatoms. The lowest BCUT2D eigenvalue weighted by atomic mass is 9.99. The number of carbonyl (C=O) groups excluding carboxylic acids is 1. The van der Waals surface area contributed by atoms with Crippen molar-refractivity contribution in [1.82, 2.24) is 14.8 Å². The van der Waals surface area contributed by atoms with Gasteiger partial charge in [0.25, 0.3) is 0 Å². The van der Waals surface area contributed by atoms with Crippen molar-refractivity contribution in [3.63, 3.8) is 0 Å². The summed E-state index contributed by atoms with van der Waals surface area (Å²) in [5.74, 6) is -2.32. The molecule has 5 nitrogen and oxygen atoms in total. The van der Waals surface area contributed by atoms with Gasteiger partial charge in [-0.2, -0.15) is 23.5 Å². The van der Waals surface area contributed by atoms with Crippen molar-refractivity contribution in [2.24, 2.45) is 7.05 Å². The smallest absolute Gasteiger partial charge is 0.292 e. The Kier molecular flexibility index (Phi) is 3.82. The molecule has 2 rings (SSSR count). The summed E-state index contributed by atoms with van der Waals surface area (Å²) in [7, 11) is 1.28. The standard InChI is InChI=1S/C12H9F3N4OS/c1-6-5-21-11(17-6)7(3-16)9(20)8-4-19(2)18-10(8)12(13,14)15/h4-5,7H,1-2H3. The molecule has 0 N–H and O–H groups in total. The Balaban J connectivity index is 2.47. The van der Waals surface area contributed by atoms with Gasteiger partial charge in [-0.05, 0) is 6.92 Å². The molecule has 0 amide bonds. The van der Waals surface area contributed by atoms with Crippen molar-refractivity contribution in [3.05, 3.63) is 33.5 Å². The van der Waals surface area contributed by atoms with Crippen LogP contribution in [0.1, 0.15) is 32.7 Å². The number of nitrogens with zero attached hydrogens (tertiary/aromatic N) is 4. The van der Waals surface area contributed by atoms with Gasteiger partial charge >= 0.3 is 6.18 Å². The van der Waals surface area contributed by atoms with E-state index < -0.39 is 29.1 Å². The Hall–Kier alpha value is -2.21. The van der Waals surface area contributed by atoms with Crippen LogP contribution in [0.3, 0.4) is 0 Å². The predicted molar refractivity (Wildman–Crippen MR) is 67.7 cm³/mol. The fourth-order valence-electron chi connectivity index (χ4n) is 1.76. The third-order valence-corrected chi connectivity index (χ3v) is 3.67. The largest absolute Gasteiger partial charge is 0.435 e. The Morgan fingerprint density at radius 2 is 2.19 bits per heavy atom. The Labute approximate surface area is 121 Å². The summed E-state index contributed by atoms with van der Waals surface area (Å²) in [6.45, 7) is 1.67. The summed E-state index contributed by atoms with van der Waals surface area (Å²) < 4.78 is 39.5. The number of ketones is 1. The quantitative estimate of drug-likeness (QED) is 0.817. The van der Waals surface area contributed by atoms with Crippen LogP contribution in [0, 0.1) is 18.3 Å². The van der Waals surface area contributed by atoms with Crippen LogP contribution in [0.15, 0.2) is 11.6 Å². The average Bonchev–Trinajstić information content (AvgIpc) is 2.96. The lowest BCUT2D eigenvalue weighted by Gasteiger charge is -2.07. The summed E-state index contributed by atoms with van der Waals surface area (Å²) in [6.07, 6.45) is -3.79. The Morgan fingerprint density at radius 1 is 1.52 bits per heavy atom. The van der Waals surface area contributed by atoms with Crippen LogP contribution in [0.25, 0.3) is 0 Å². The molecule has 21 heavy (non-hydrogen) atoms. The average molecular weight is 314 g/mol. The van der Waals surface area contributed by atoms with E-state index in [0.717, 1.165) is 22.2 Å². The first-order valence-corrected chi connectivity index (χ1v) is 6.58. The van der Waals surface area contributed by atoms with Gasteiger partial charge in [-0.1, -0.05) is 0 Å². The highest BCUT2D eigenvalue weighted by Gasteiger charge is 2.41. The van der Waals surface area contributed by atoms with E-state index in [2.05, 4.69) is 10.1 Å². The van der Waals surface area contributed by atoms with Crippen molar-refractivity contribution in [3.8, 4) is 6.07 Å². The molecule has 0 aliphatic carbocycles. The lowest BCUT2D eigenvalue weighted by molar-refractivity contribution is -0.141. The molecule has 0 saturated heterocycles. The molecule has 0 radical (unpaired) electrons. The molecule has 2 aromatic rings. The third-order valence-electron chi connectivity index (χ3n) is 2.64. The molecule has 0 aliphatic rings. The zero-order valence-corrected chi connectivity index (χ0v) is 11.8. The summed E-state index contributed by atoms with van der Waals surface area (Å²) >= 11 is 1.06.